The number of rotatable bonds is 2. The summed E-state index contributed by atoms with van der Waals surface area (Å²) in [5.74, 6) is -0.614. The van der Waals surface area contributed by atoms with E-state index in [-0.39, 0.29) is 17.0 Å². The largest absolute Gasteiger partial charge is 0.378 e. The molecule has 3 rings (SSSR count). The van der Waals surface area contributed by atoms with Crippen molar-refractivity contribution in [3.63, 3.8) is 0 Å². The first-order valence-corrected chi connectivity index (χ1v) is 8.87. The third-order valence-corrected chi connectivity index (χ3v) is 6.56. The summed E-state index contributed by atoms with van der Waals surface area (Å²) in [5, 5.41) is -0.0722. The Morgan fingerprint density at radius 1 is 1.33 bits per heavy atom. The zero-order valence-corrected chi connectivity index (χ0v) is 13.0. The summed E-state index contributed by atoms with van der Waals surface area (Å²) >= 11 is 5.90. The normalized spacial score (nSPS) is 27.3. The molecule has 7 heteroatoms. The van der Waals surface area contributed by atoms with Crippen molar-refractivity contribution in [1.82, 2.24) is 4.31 Å². The molecule has 0 radical (unpaired) electrons. The Balaban J connectivity index is 1.89. The molecule has 0 spiro atoms. The molecule has 0 unspecified atom stereocenters. The van der Waals surface area contributed by atoms with Gasteiger partial charge in [0, 0.05) is 19.7 Å². The highest BCUT2D eigenvalue weighted by Crippen LogP contribution is 2.33. The van der Waals surface area contributed by atoms with E-state index in [1.165, 1.54) is 16.4 Å². The lowest BCUT2D eigenvalue weighted by atomic mass is 9.90. The van der Waals surface area contributed by atoms with Crippen molar-refractivity contribution in [1.29, 1.82) is 0 Å². The maximum absolute atomic E-state index is 13.9. The maximum Gasteiger partial charge on any atom is 0.247 e. The van der Waals surface area contributed by atoms with Crippen molar-refractivity contribution >= 4 is 21.6 Å². The van der Waals surface area contributed by atoms with Crippen molar-refractivity contribution in [3.8, 4) is 0 Å². The van der Waals surface area contributed by atoms with E-state index >= 15 is 0 Å². The second kappa shape index (κ2) is 5.83. The van der Waals surface area contributed by atoms with Crippen LogP contribution in [0, 0.1) is 11.7 Å². The highest BCUT2D eigenvalue weighted by atomic mass is 35.5. The predicted octanol–water partition coefficient (Wildman–Crippen LogP) is 2.67. The number of halogens is 2. The molecule has 0 amide bonds. The minimum absolute atomic E-state index is 0.0722. The van der Waals surface area contributed by atoms with Crippen LogP contribution in [0.5, 0.6) is 0 Å². The standard InChI is InChI=1S/C14H17ClFNO3S/c15-11-4-1-5-12(16)14(11)21(18,19)17-7-6-13-10(9-17)3-2-8-20-13/h1,4-5,10,13H,2-3,6-9H2/t10-,13-/m1/s1. The van der Waals surface area contributed by atoms with Gasteiger partial charge in [-0.1, -0.05) is 17.7 Å². The average Bonchev–Trinajstić information content (AvgIpc) is 2.46. The van der Waals surface area contributed by atoms with Gasteiger partial charge in [-0.05, 0) is 37.3 Å². The quantitative estimate of drug-likeness (QED) is 0.836. The second-order valence-electron chi connectivity index (χ2n) is 5.51. The molecular formula is C14H17ClFNO3S. The first kappa shape index (κ1) is 15.2. The van der Waals surface area contributed by atoms with Crippen LogP contribution in [0.25, 0.3) is 0 Å². The third kappa shape index (κ3) is 2.82. The number of piperidine rings is 1. The van der Waals surface area contributed by atoms with E-state index in [9.17, 15) is 12.8 Å². The second-order valence-corrected chi connectivity index (χ2v) is 7.80. The minimum Gasteiger partial charge on any atom is -0.378 e. The van der Waals surface area contributed by atoms with E-state index in [0.717, 1.165) is 25.5 Å². The number of benzene rings is 1. The average molecular weight is 334 g/mol. The van der Waals surface area contributed by atoms with E-state index < -0.39 is 20.7 Å². The Kier molecular flexibility index (Phi) is 4.23. The number of nitrogens with zero attached hydrogens (tertiary/aromatic N) is 1. The monoisotopic (exact) mass is 333 g/mol. The van der Waals surface area contributed by atoms with Crippen molar-refractivity contribution in [2.45, 2.75) is 30.3 Å². The Bertz CT molecular complexity index is 617. The summed E-state index contributed by atoms with van der Waals surface area (Å²) < 4.78 is 46.3. The van der Waals surface area contributed by atoms with Crippen LogP contribution in [0.2, 0.25) is 5.02 Å². The summed E-state index contributed by atoms with van der Waals surface area (Å²) in [6, 6.07) is 3.92. The molecule has 116 valence electrons. The number of sulfonamides is 1. The molecule has 2 fully saturated rings. The first-order chi connectivity index (χ1) is 10.00. The number of fused-ring (bicyclic) bond motifs is 1. The third-order valence-electron chi connectivity index (χ3n) is 4.19. The molecule has 0 bridgehead atoms. The Hall–Kier alpha value is -0.690. The van der Waals surface area contributed by atoms with Crippen molar-refractivity contribution in [2.75, 3.05) is 19.7 Å². The summed E-state index contributed by atoms with van der Waals surface area (Å²) in [5.41, 5.74) is 0. The van der Waals surface area contributed by atoms with E-state index in [0.29, 0.717) is 19.5 Å². The highest BCUT2D eigenvalue weighted by molar-refractivity contribution is 7.89. The molecule has 2 heterocycles. The summed E-state index contributed by atoms with van der Waals surface area (Å²) in [6.45, 7) is 1.46. The molecule has 1 aromatic rings. The van der Waals surface area contributed by atoms with Crippen molar-refractivity contribution in [3.05, 3.63) is 29.0 Å². The van der Waals surface area contributed by atoms with Gasteiger partial charge in [0.15, 0.2) is 0 Å². The van der Waals surface area contributed by atoms with Gasteiger partial charge in [-0.15, -0.1) is 0 Å². The van der Waals surface area contributed by atoms with Gasteiger partial charge >= 0.3 is 0 Å². The van der Waals surface area contributed by atoms with E-state index in [4.69, 9.17) is 16.3 Å². The van der Waals surface area contributed by atoms with Gasteiger partial charge in [0.25, 0.3) is 0 Å². The zero-order valence-electron chi connectivity index (χ0n) is 11.5. The van der Waals surface area contributed by atoms with E-state index in [1.54, 1.807) is 0 Å². The molecule has 21 heavy (non-hydrogen) atoms. The van der Waals surface area contributed by atoms with Gasteiger partial charge in [-0.3, -0.25) is 0 Å². The van der Waals surface area contributed by atoms with Gasteiger partial charge < -0.3 is 4.74 Å². The molecular weight excluding hydrogens is 317 g/mol. The molecule has 2 aliphatic heterocycles. The number of hydrogen-bond donors (Lipinski definition) is 0. The molecule has 0 saturated carbocycles. The lowest BCUT2D eigenvalue weighted by molar-refractivity contribution is -0.0534. The van der Waals surface area contributed by atoms with Crippen LogP contribution in [-0.4, -0.2) is 38.5 Å². The fraction of sp³-hybridized carbons (Fsp3) is 0.571. The van der Waals surface area contributed by atoms with Crippen LogP contribution in [0.15, 0.2) is 23.1 Å². The van der Waals surface area contributed by atoms with Gasteiger partial charge in [0.1, 0.15) is 10.7 Å². The predicted molar refractivity (Wildman–Crippen MR) is 77.2 cm³/mol. The fourth-order valence-electron chi connectivity index (χ4n) is 3.13. The molecule has 0 N–H and O–H groups in total. The molecule has 0 aliphatic carbocycles. The van der Waals surface area contributed by atoms with Crippen LogP contribution in [0.1, 0.15) is 19.3 Å². The zero-order chi connectivity index (χ0) is 15.0. The maximum atomic E-state index is 13.9. The van der Waals surface area contributed by atoms with Gasteiger partial charge in [0.05, 0.1) is 11.1 Å². The molecule has 0 aromatic heterocycles. The molecule has 2 saturated heterocycles. The van der Waals surface area contributed by atoms with Crippen LogP contribution < -0.4 is 0 Å². The Labute approximate surface area is 128 Å². The van der Waals surface area contributed by atoms with Crippen LogP contribution in [0.4, 0.5) is 4.39 Å². The smallest absolute Gasteiger partial charge is 0.247 e. The Morgan fingerprint density at radius 3 is 2.90 bits per heavy atom. The lowest BCUT2D eigenvalue weighted by Gasteiger charge is -2.40. The van der Waals surface area contributed by atoms with Crippen LogP contribution in [0.3, 0.4) is 0 Å². The molecule has 2 atom stereocenters. The summed E-state index contributed by atoms with van der Waals surface area (Å²) in [7, 11) is -3.90. The highest BCUT2D eigenvalue weighted by Gasteiger charge is 2.38. The van der Waals surface area contributed by atoms with Crippen LogP contribution >= 0.6 is 11.6 Å². The van der Waals surface area contributed by atoms with Crippen LogP contribution in [-0.2, 0) is 14.8 Å². The minimum atomic E-state index is -3.90. The molecule has 4 nitrogen and oxygen atoms in total. The van der Waals surface area contributed by atoms with Gasteiger partial charge in [-0.2, -0.15) is 4.31 Å². The Morgan fingerprint density at radius 2 is 2.14 bits per heavy atom. The summed E-state index contributed by atoms with van der Waals surface area (Å²) in [4.78, 5) is -0.415. The van der Waals surface area contributed by atoms with E-state index in [1.807, 2.05) is 0 Å². The first-order valence-electron chi connectivity index (χ1n) is 7.06. The summed E-state index contributed by atoms with van der Waals surface area (Å²) in [6.07, 6.45) is 2.66. The van der Waals surface area contributed by atoms with Crippen molar-refractivity contribution in [2.24, 2.45) is 5.92 Å². The van der Waals surface area contributed by atoms with Gasteiger partial charge in [0.2, 0.25) is 10.0 Å². The number of hydrogen-bond acceptors (Lipinski definition) is 3. The fourth-order valence-corrected chi connectivity index (χ4v) is 5.21. The molecule has 2 aliphatic rings. The van der Waals surface area contributed by atoms with Crippen molar-refractivity contribution < 1.29 is 17.5 Å². The SMILES string of the molecule is O=S(=O)(c1c(F)cccc1Cl)N1CC[C@H]2OCCC[C@@H]2C1. The van der Waals surface area contributed by atoms with E-state index in [2.05, 4.69) is 0 Å². The lowest BCUT2D eigenvalue weighted by Crippen LogP contribution is -2.48. The van der Waals surface area contributed by atoms with Gasteiger partial charge in [-0.25, -0.2) is 12.8 Å². The topological polar surface area (TPSA) is 46.6 Å². The molecule has 1 aromatic carbocycles. The number of ether oxygens (including phenoxy) is 1.